The molecule has 0 spiro atoms. The van der Waals surface area contributed by atoms with Gasteiger partial charge >= 0.3 is 0 Å². The molecule has 0 atom stereocenters. The zero-order chi connectivity index (χ0) is 13.6. The Morgan fingerprint density at radius 3 is 2.06 bits per heavy atom. The van der Waals surface area contributed by atoms with Crippen LogP contribution in [0.3, 0.4) is 0 Å². The third kappa shape index (κ3) is 4.76. The molecule has 0 aliphatic heterocycles. The highest BCUT2D eigenvalue weighted by atomic mass is 32.2. The number of nitrogens with one attached hydrogen (secondary N) is 1. The molecule has 0 bridgehead atoms. The average Bonchev–Trinajstić information content (AvgIpc) is 2.36. The van der Waals surface area contributed by atoms with Crippen LogP contribution >= 0.6 is 0 Å². The number of hydrogen-bond donors (Lipinski definition) is 2. The molecule has 0 saturated heterocycles. The summed E-state index contributed by atoms with van der Waals surface area (Å²) in [4.78, 5) is 0. The number of hydrogen-bond acceptors (Lipinski definition) is 3. The normalized spacial score (nSPS) is 12.0. The van der Waals surface area contributed by atoms with E-state index >= 15 is 0 Å². The monoisotopic (exact) mass is 270 g/mol. The Balaban J connectivity index is 2.69. The minimum absolute atomic E-state index is 0.0222. The van der Waals surface area contributed by atoms with Crippen LogP contribution in [0.25, 0.3) is 0 Å². The van der Waals surface area contributed by atoms with Gasteiger partial charge in [-0.3, -0.25) is 0 Å². The van der Waals surface area contributed by atoms with E-state index in [1.807, 2.05) is 38.1 Å². The lowest BCUT2D eigenvalue weighted by Crippen LogP contribution is -2.34. The zero-order valence-corrected chi connectivity index (χ0v) is 11.8. The molecular weight excluding hydrogens is 248 g/mol. The van der Waals surface area contributed by atoms with Crippen molar-refractivity contribution in [3.8, 4) is 0 Å². The lowest BCUT2D eigenvalue weighted by molar-refractivity contribution is 0.529. The quantitative estimate of drug-likeness (QED) is 0.793. The van der Waals surface area contributed by atoms with Crippen LogP contribution in [0.15, 0.2) is 24.3 Å². The van der Waals surface area contributed by atoms with Crippen LogP contribution in [-0.2, 0) is 22.3 Å². The predicted molar refractivity (Wildman–Crippen MR) is 74.5 cm³/mol. The number of rotatable bonds is 7. The summed E-state index contributed by atoms with van der Waals surface area (Å²) in [5.74, 6) is 0.0222. The van der Waals surface area contributed by atoms with E-state index in [0.717, 1.165) is 24.0 Å². The fourth-order valence-corrected chi connectivity index (χ4v) is 3.30. The molecule has 0 heterocycles. The average molecular weight is 270 g/mol. The third-order valence-corrected chi connectivity index (χ3v) is 4.35. The van der Waals surface area contributed by atoms with Crippen LogP contribution in [-0.4, -0.2) is 14.5 Å². The second kappa shape index (κ2) is 6.87. The van der Waals surface area contributed by atoms with Gasteiger partial charge in [0, 0.05) is 12.6 Å². The van der Waals surface area contributed by atoms with E-state index < -0.39 is 10.0 Å². The van der Waals surface area contributed by atoms with Gasteiger partial charge in [-0.1, -0.05) is 38.1 Å². The van der Waals surface area contributed by atoms with Crippen molar-refractivity contribution in [2.45, 2.75) is 45.0 Å². The molecule has 0 aliphatic carbocycles. The van der Waals surface area contributed by atoms with Crippen LogP contribution in [0, 0.1) is 0 Å². The molecular formula is C13H22N2O2S. The molecule has 3 N–H and O–H groups in total. The van der Waals surface area contributed by atoms with Crippen molar-refractivity contribution in [1.82, 2.24) is 4.72 Å². The van der Waals surface area contributed by atoms with Crippen molar-refractivity contribution in [3.63, 3.8) is 0 Å². The molecule has 1 aromatic rings. The van der Waals surface area contributed by atoms with E-state index in [2.05, 4.69) is 4.72 Å². The number of benzene rings is 1. The summed E-state index contributed by atoms with van der Waals surface area (Å²) in [6.45, 7) is 4.43. The third-order valence-electron chi connectivity index (χ3n) is 2.95. The van der Waals surface area contributed by atoms with Crippen LogP contribution < -0.4 is 10.5 Å². The Morgan fingerprint density at radius 1 is 1.11 bits per heavy atom. The minimum atomic E-state index is -3.26. The van der Waals surface area contributed by atoms with Gasteiger partial charge in [0.1, 0.15) is 0 Å². The van der Waals surface area contributed by atoms with Gasteiger partial charge in [0.05, 0.1) is 5.75 Å². The Bertz CT molecular complexity index is 450. The maximum absolute atomic E-state index is 11.9. The first-order valence-corrected chi connectivity index (χ1v) is 7.93. The molecule has 0 aliphatic rings. The molecule has 0 saturated carbocycles. The standard InChI is InChI=1S/C13H22N2O2S/c1-3-13(4-2)15-18(16,17)10-12-7-5-11(9-14)6-8-12/h5-8,13,15H,3-4,9-10,14H2,1-2H3. The van der Waals surface area contributed by atoms with E-state index in [9.17, 15) is 8.42 Å². The van der Waals surface area contributed by atoms with Crippen molar-refractivity contribution >= 4 is 10.0 Å². The Kier molecular flexibility index (Phi) is 5.78. The SMILES string of the molecule is CCC(CC)NS(=O)(=O)Cc1ccc(CN)cc1. The van der Waals surface area contributed by atoms with Crippen LogP contribution in [0.2, 0.25) is 0 Å². The van der Waals surface area contributed by atoms with Crippen molar-refractivity contribution in [1.29, 1.82) is 0 Å². The van der Waals surface area contributed by atoms with E-state index in [-0.39, 0.29) is 11.8 Å². The molecule has 0 radical (unpaired) electrons. The summed E-state index contributed by atoms with van der Waals surface area (Å²) < 4.78 is 26.6. The second-order valence-electron chi connectivity index (χ2n) is 4.41. The van der Waals surface area contributed by atoms with Crippen LogP contribution in [0.1, 0.15) is 37.8 Å². The van der Waals surface area contributed by atoms with Crippen LogP contribution in [0.4, 0.5) is 0 Å². The van der Waals surface area contributed by atoms with Gasteiger partial charge in [0.2, 0.25) is 10.0 Å². The number of nitrogens with two attached hydrogens (primary N) is 1. The van der Waals surface area contributed by atoms with E-state index in [1.54, 1.807) is 0 Å². The van der Waals surface area contributed by atoms with E-state index in [4.69, 9.17) is 5.73 Å². The van der Waals surface area contributed by atoms with Gasteiger partial charge in [-0.15, -0.1) is 0 Å². The molecule has 1 aromatic carbocycles. The Morgan fingerprint density at radius 2 is 1.61 bits per heavy atom. The second-order valence-corrected chi connectivity index (χ2v) is 6.16. The molecule has 4 nitrogen and oxygen atoms in total. The summed E-state index contributed by atoms with van der Waals surface area (Å²) in [6, 6.07) is 7.38. The van der Waals surface area contributed by atoms with Gasteiger partial charge in [0.15, 0.2) is 0 Å². The molecule has 0 unspecified atom stereocenters. The zero-order valence-electron chi connectivity index (χ0n) is 11.0. The molecule has 1 rings (SSSR count). The van der Waals surface area contributed by atoms with Crippen molar-refractivity contribution < 1.29 is 8.42 Å². The van der Waals surface area contributed by atoms with E-state index in [1.165, 1.54) is 0 Å². The Labute approximate surface area is 110 Å². The topological polar surface area (TPSA) is 72.2 Å². The lowest BCUT2D eigenvalue weighted by atomic mass is 10.1. The fraction of sp³-hybridized carbons (Fsp3) is 0.538. The predicted octanol–water partition coefficient (Wildman–Crippen LogP) is 1.75. The summed E-state index contributed by atoms with van der Waals surface area (Å²) >= 11 is 0. The molecule has 0 fully saturated rings. The smallest absolute Gasteiger partial charge is 0.216 e. The number of sulfonamides is 1. The molecule has 5 heteroatoms. The van der Waals surface area contributed by atoms with Crippen molar-refractivity contribution in [2.75, 3.05) is 0 Å². The maximum atomic E-state index is 11.9. The molecule has 18 heavy (non-hydrogen) atoms. The summed E-state index contributed by atoms with van der Waals surface area (Å²) in [6.07, 6.45) is 1.61. The summed E-state index contributed by atoms with van der Waals surface area (Å²) in [5, 5.41) is 0. The highest BCUT2D eigenvalue weighted by Gasteiger charge is 2.15. The van der Waals surface area contributed by atoms with Gasteiger partial charge < -0.3 is 5.73 Å². The van der Waals surface area contributed by atoms with E-state index in [0.29, 0.717) is 6.54 Å². The molecule has 102 valence electrons. The first-order chi connectivity index (χ1) is 8.50. The van der Waals surface area contributed by atoms with Gasteiger partial charge in [0.25, 0.3) is 0 Å². The van der Waals surface area contributed by atoms with Gasteiger partial charge in [-0.25, -0.2) is 13.1 Å². The largest absolute Gasteiger partial charge is 0.326 e. The summed E-state index contributed by atoms with van der Waals surface area (Å²) in [7, 11) is -3.26. The van der Waals surface area contributed by atoms with Gasteiger partial charge in [-0.05, 0) is 24.0 Å². The highest BCUT2D eigenvalue weighted by molar-refractivity contribution is 7.88. The lowest BCUT2D eigenvalue weighted by Gasteiger charge is -2.15. The Hall–Kier alpha value is -0.910. The maximum Gasteiger partial charge on any atom is 0.216 e. The molecule has 0 aromatic heterocycles. The van der Waals surface area contributed by atoms with Crippen LogP contribution in [0.5, 0.6) is 0 Å². The van der Waals surface area contributed by atoms with Crippen molar-refractivity contribution in [3.05, 3.63) is 35.4 Å². The molecule has 0 amide bonds. The highest BCUT2D eigenvalue weighted by Crippen LogP contribution is 2.09. The van der Waals surface area contributed by atoms with Gasteiger partial charge in [-0.2, -0.15) is 0 Å². The minimum Gasteiger partial charge on any atom is -0.326 e. The summed E-state index contributed by atoms with van der Waals surface area (Å²) in [5.41, 5.74) is 7.29. The first-order valence-electron chi connectivity index (χ1n) is 6.28. The van der Waals surface area contributed by atoms with Crippen molar-refractivity contribution in [2.24, 2.45) is 5.73 Å². The first kappa shape index (κ1) is 15.1. The fourth-order valence-electron chi connectivity index (χ4n) is 1.74.